The fourth-order valence-corrected chi connectivity index (χ4v) is 3.58. The van der Waals surface area contributed by atoms with E-state index in [9.17, 15) is 0 Å². The predicted molar refractivity (Wildman–Crippen MR) is 111 cm³/mol. The van der Waals surface area contributed by atoms with Crippen molar-refractivity contribution in [2.24, 2.45) is 0 Å². The van der Waals surface area contributed by atoms with E-state index in [4.69, 9.17) is 4.74 Å². The van der Waals surface area contributed by atoms with E-state index in [0.717, 1.165) is 32.8 Å². The van der Waals surface area contributed by atoms with Crippen molar-refractivity contribution in [3.8, 4) is 11.1 Å². The highest BCUT2D eigenvalue weighted by atomic mass is 16.5. The summed E-state index contributed by atoms with van der Waals surface area (Å²) in [4.78, 5) is 2.40. The molecular weight excluding hydrogens is 332 g/mol. The maximum Gasteiger partial charge on any atom is 0.0874 e. The summed E-state index contributed by atoms with van der Waals surface area (Å²) < 4.78 is 5.97. The van der Waals surface area contributed by atoms with E-state index < -0.39 is 0 Å². The second-order valence-electron chi connectivity index (χ2n) is 6.84. The molecule has 0 saturated carbocycles. The normalized spacial score (nSPS) is 17.0. The van der Waals surface area contributed by atoms with Crippen molar-refractivity contribution in [1.29, 1.82) is 0 Å². The van der Waals surface area contributed by atoms with Crippen LogP contribution in [0.2, 0.25) is 0 Å². The number of morpholine rings is 1. The second kappa shape index (κ2) is 8.85. The molecular formula is C24H25N2O. The summed E-state index contributed by atoms with van der Waals surface area (Å²) in [6, 6.07) is 30.6. The monoisotopic (exact) mass is 357 g/mol. The molecule has 27 heavy (non-hydrogen) atoms. The first-order valence-electron chi connectivity index (χ1n) is 9.57. The lowest BCUT2D eigenvalue weighted by molar-refractivity contribution is 0.0407. The summed E-state index contributed by atoms with van der Waals surface area (Å²) in [6.07, 6.45) is 0.201. The largest absolute Gasteiger partial charge is 0.373 e. The Morgan fingerprint density at radius 2 is 1.74 bits per heavy atom. The third-order valence-electron chi connectivity index (χ3n) is 4.95. The van der Waals surface area contributed by atoms with Crippen LogP contribution < -0.4 is 10.2 Å². The molecule has 3 aromatic rings. The maximum absolute atomic E-state index is 5.97. The quantitative estimate of drug-likeness (QED) is 0.717. The van der Waals surface area contributed by atoms with E-state index in [-0.39, 0.29) is 6.10 Å². The summed E-state index contributed by atoms with van der Waals surface area (Å²) in [5.74, 6) is 0. The average Bonchev–Trinajstić information content (AvgIpc) is 2.76. The number of nitrogens with one attached hydrogen (secondary N) is 1. The summed E-state index contributed by atoms with van der Waals surface area (Å²) in [6.45, 7) is 4.30. The van der Waals surface area contributed by atoms with Crippen LogP contribution in [0.5, 0.6) is 0 Å². The number of benzene rings is 3. The standard InChI is InChI=1S/C24H25N2O/c1-3-9-20(10-4-1)24-14-8-7-11-21(24)17-25-18-23-19-26(15-16-27-23)22-12-5-2-6-13-22/h1-13,23,25H,15-19H2. The molecule has 1 atom stereocenters. The SMILES string of the molecule is [c]1cccc(CNCC2CN(c3ccccc3)CCO2)c1-c1ccccc1. The van der Waals surface area contributed by atoms with Crippen molar-refractivity contribution in [3.63, 3.8) is 0 Å². The van der Waals surface area contributed by atoms with E-state index in [1.54, 1.807) is 0 Å². The number of hydrogen-bond acceptors (Lipinski definition) is 3. The number of nitrogens with zero attached hydrogens (tertiary/aromatic N) is 1. The van der Waals surface area contributed by atoms with Crippen LogP contribution in [-0.4, -0.2) is 32.3 Å². The van der Waals surface area contributed by atoms with Gasteiger partial charge in [-0.15, -0.1) is 0 Å². The molecule has 1 aliphatic heterocycles. The molecule has 3 nitrogen and oxygen atoms in total. The zero-order valence-electron chi connectivity index (χ0n) is 15.5. The molecule has 0 bridgehead atoms. The van der Waals surface area contributed by atoms with Gasteiger partial charge in [-0.05, 0) is 34.9 Å². The second-order valence-corrected chi connectivity index (χ2v) is 6.84. The van der Waals surface area contributed by atoms with Crippen LogP contribution in [0.3, 0.4) is 0 Å². The first-order valence-corrected chi connectivity index (χ1v) is 9.57. The van der Waals surface area contributed by atoms with Gasteiger partial charge in [0.1, 0.15) is 0 Å². The third kappa shape index (κ3) is 4.57. The lowest BCUT2D eigenvalue weighted by Crippen LogP contribution is -2.46. The van der Waals surface area contributed by atoms with Crippen molar-refractivity contribution in [2.75, 3.05) is 31.1 Å². The van der Waals surface area contributed by atoms with Gasteiger partial charge < -0.3 is 15.0 Å². The topological polar surface area (TPSA) is 24.5 Å². The Hall–Kier alpha value is -2.62. The molecule has 3 aromatic carbocycles. The van der Waals surface area contributed by atoms with Crippen LogP contribution in [0.25, 0.3) is 11.1 Å². The first-order chi connectivity index (χ1) is 13.4. The van der Waals surface area contributed by atoms with Crippen LogP contribution in [0.1, 0.15) is 5.56 Å². The van der Waals surface area contributed by atoms with E-state index in [1.165, 1.54) is 22.4 Å². The van der Waals surface area contributed by atoms with Crippen molar-refractivity contribution in [2.45, 2.75) is 12.6 Å². The number of anilines is 1. The molecule has 1 aliphatic rings. The van der Waals surface area contributed by atoms with Crippen LogP contribution in [-0.2, 0) is 11.3 Å². The molecule has 1 radical (unpaired) electrons. The van der Waals surface area contributed by atoms with E-state index >= 15 is 0 Å². The summed E-state index contributed by atoms with van der Waals surface area (Å²) >= 11 is 0. The first kappa shape index (κ1) is 17.8. The van der Waals surface area contributed by atoms with Gasteiger partial charge in [-0.25, -0.2) is 0 Å². The van der Waals surface area contributed by atoms with Gasteiger partial charge in [0.05, 0.1) is 12.7 Å². The van der Waals surface area contributed by atoms with Crippen molar-refractivity contribution < 1.29 is 4.74 Å². The van der Waals surface area contributed by atoms with Crippen molar-refractivity contribution >= 4 is 5.69 Å². The zero-order chi connectivity index (χ0) is 18.3. The molecule has 1 fully saturated rings. The lowest BCUT2D eigenvalue weighted by atomic mass is 10.00. The van der Waals surface area contributed by atoms with Gasteiger partial charge in [0.25, 0.3) is 0 Å². The molecule has 0 aliphatic carbocycles. The van der Waals surface area contributed by atoms with Gasteiger partial charge in [0.15, 0.2) is 0 Å². The van der Waals surface area contributed by atoms with Crippen molar-refractivity contribution in [1.82, 2.24) is 5.32 Å². The van der Waals surface area contributed by atoms with Crippen LogP contribution in [0.4, 0.5) is 5.69 Å². The minimum absolute atomic E-state index is 0.201. The maximum atomic E-state index is 5.97. The Bertz CT molecular complexity index is 835. The van der Waals surface area contributed by atoms with Crippen LogP contribution in [0.15, 0.2) is 78.9 Å². The summed E-state index contributed by atoms with van der Waals surface area (Å²) in [5.41, 5.74) is 4.91. The minimum atomic E-state index is 0.201. The summed E-state index contributed by atoms with van der Waals surface area (Å²) in [7, 11) is 0. The van der Waals surface area contributed by atoms with Crippen LogP contribution >= 0.6 is 0 Å². The highest BCUT2D eigenvalue weighted by Crippen LogP contribution is 2.23. The Morgan fingerprint density at radius 3 is 2.56 bits per heavy atom. The van der Waals surface area contributed by atoms with Gasteiger partial charge >= 0.3 is 0 Å². The molecule has 1 unspecified atom stereocenters. The number of rotatable bonds is 6. The van der Waals surface area contributed by atoms with Gasteiger partial charge in [-0.2, -0.15) is 0 Å². The Labute approximate surface area is 161 Å². The zero-order valence-corrected chi connectivity index (χ0v) is 15.5. The molecule has 1 N–H and O–H groups in total. The molecule has 3 heteroatoms. The van der Waals surface area contributed by atoms with Crippen LogP contribution in [0, 0.1) is 6.07 Å². The van der Waals surface area contributed by atoms with Crippen molar-refractivity contribution in [3.05, 3.63) is 90.5 Å². The third-order valence-corrected chi connectivity index (χ3v) is 4.95. The Kier molecular flexibility index (Phi) is 5.83. The van der Waals surface area contributed by atoms with E-state index in [1.807, 2.05) is 12.1 Å². The molecule has 1 heterocycles. The lowest BCUT2D eigenvalue weighted by Gasteiger charge is -2.34. The molecule has 0 spiro atoms. The fraction of sp³-hybridized carbons (Fsp3) is 0.250. The molecule has 0 amide bonds. The highest BCUT2D eigenvalue weighted by molar-refractivity contribution is 5.66. The molecule has 137 valence electrons. The molecule has 0 aromatic heterocycles. The van der Waals surface area contributed by atoms with Gasteiger partial charge in [0, 0.05) is 31.9 Å². The fourth-order valence-electron chi connectivity index (χ4n) is 3.58. The molecule has 1 saturated heterocycles. The Morgan fingerprint density at radius 1 is 0.963 bits per heavy atom. The van der Waals surface area contributed by atoms with Gasteiger partial charge in [0.2, 0.25) is 0 Å². The Balaban J connectivity index is 1.35. The molecule has 4 rings (SSSR count). The smallest absolute Gasteiger partial charge is 0.0874 e. The number of ether oxygens (including phenoxy) is 1. The average molecular weight is 357 g/mol. The number of hydrogen-bond donors (Lipinski definition) is 1. The highest BCUT2D eigenvalue weighted by Gasteiger charge is 2.20. The minimum Gasteiger partial charge on any atom is -0.373 e. The predicted octanol–water partition coefficient (Wildman–Crippen LogP) is 4.15. The van der Waals surface area contributed by atoms with Gasteiger partial charge in [-0.3, -0.25) is 0 Å². The van der Waals surface area contributed by atoms with Gasteiger partial charge in [-0.1, -0.05) is 66.7 Å². The van der Waals surface area contributed by atoms with E-state index in [2.05, 4.69) is 83.0 Å². The summed E-state index contributed by atoms with van der Waals surface area (Å²) in [5, 5.41) is 3.58. The number of para-hydroxylation sites is 1. The van der Waals surface area contributed by atoms with E-state index in [0.29, 0.717) is 0 Å².